The van der Waals surface area contributed by atoms with Crippen molar-refractivity contribution in [2.24, 2.45) is 0 Å². The second kappa shape index (κ2) is 20.3. The van der Waals surface area contributed by atoms with Crippen molar-refractivity contribution in [1.29, 1.82) is 0 Å². The molecule has 0 spiro atoms. The van der Waals surface area contributed by atoms with Gasteiger partial charge in [-0.3, -0.25) is 0 Å². The lowest BCUT2D eigenvalue weighted by molar-refractivity contribution is 0.590. The van der Waals surface area contributed by atoms with Crippen LogP contribution in [-0.2, 0) is 5.41 Å². The van der Waals surface area contributed by atoms with Crippen LogP contribution in [-0.4, -0.2) is 6.71 Å². The summed E-state index contributed by atoms with van der Waals surface area (Å²) in [6.45, 7) is 8.54. The summed E-state index contributed by atoms with van der Waals surface area (Å²) in [7, 11) is 0. The van der Waals surface area contributed by atoms with Gasteiger partial charge in [0.05, 0.1) is 33.6 Å². The van der Waals surface area contributed by atoms with E-state index in [1.807, 2.05) is 0 Å². The molecule has 2 aliphatic heterocycles. The summed E-state index contributed by atoms with van der Waals surface area (Å²) in [5, 5.41) is 4.55. The van der Waals surface area contributed by atoms with Crippen molar-refractivity contribution in [2.45, 2.75) is 33.1 Å². The first kappa shape index (κ1) is 45.8. The van der Waals surface area contributed by atoms with E-state index in [1.54, 1.807) is 22.7 Å². The molecule has 0 unspecified atom stereocenters. The lowest BCUT2D eigenvalue weighted by Crippen LogP contribution is -2.61. The molecule has 0 radical (unpaired) electrons. The molecule has 0 bridgehead atoms. The highest BCUT2D eigenvalue weighted by molar-refractivity contribution is 7.27. The zero-order valence-corrected chi connectivity index (χ0v) is 49.0. The monoisotopic (exact) mass is 1130 g/mol. The van der Waals surface area contributed by atoms with Crippen molar-refractivity contribution in [3.63, 3.8) is 0 Å². The highest BCUT2D eigenvalue weighted by atomic mass is 32.1. The van der Waals surface area contributed by atoms with Gasteiger partial charge in [0.1, 0.15) is 0 Å². The first-order chi connectivity index (χ1) is 43.8. The van der Waals surface area contributed by atoms with Gasteiger partial charge in [0.15, 0.2) is 0 Å². The van der Waals surface area contributed by atoms with Crippen molar-refractivity contribution in [3.8, 4) is 44.5 Å². The third-order valence-corrected chi connectivity index (χ3v) is 19.5. The number of hydrogen-bond acceptors (Lipinski definition) is 5. The molecule has 4 heterocycles. The van der Waals surface area contributed by atoms with Crippen molar-refractivity contribution in [1.82, 2.24) is 0 Å². The first-order valence-electron chi connectivity index (χ1n) is 31.5. The zero-order valence-electron chi connectivity index (χ0n) is 52.4. The zero-order chi connectivity index (χ0) is 61.3. The van der Waals surface area contributed by atoms with E-state index in [9.17, 15) is 5.48 Å². The van der Waals surface area contributed by atoms with E-state index >= 15 is 0 Å². The minimum atomic E-state index is -0.433. The highest BCUT2D eigenvalue weighted by Crippen LogP contribution is 2.54. The van der Waals surface area contributed by atoms with Gasteiger partial charge in [0.2, 0.25) is 0 Å². The van der Waals surface area contributed by atoms with E-state index < -0.39 is 6.04 Å². The second-order valence-corrected chi connectivity index (χ2v) is 25.4. The molecular formula is C79H58BN3S2. The topological polar surface area (TPSA) is 9.72 Å². The Labute approximate surface area is 512 Å². The standard InChI is InChI=1S/C79H58BN3S2/c1-51-36-44-68(64(46-51)55-28-15-8-16-29-55)82-70-50-60(81(59-40-38-58(39-41-59)79(2,3)4)67-33-19-17-30-61(67)54-26-13-7-14-27-54)42-43-66(70)80-75-65-47-56(52-22-9-5-10-23-52)37-45-74(65)85-78(75)83(69-34-21-32-63-62-31-18-20-35-73(62)84-77(63)69)72-49-57(48-71(82)76(72)80)53-24-11-6-12-25-53/h5-50H,1-4H3/i6D,11D,12D,24D,25D. The van der Waals surface area contributed by atoms with Gasteiger partial charge in [-0.2, -0.15) is 0 Å². The number of para-hydroxylation sites is 1. The number of rotatable bonds is 9. The van der Waals surface area contributed by atoms with Crippen LogP contribution >= 0.6 is 22.7 Å². The molecule has 0 saturated heterocycles. The van der Waals surface area contributed by atoms with Gasteiger partial charge in [0, 0.05) is 59.7 Å². The molecule has 0 atom stereocenters. The minimum Gasteiger partial charge on any atom is -0.311 e. The fourth-order valence-corrected chi connectivity index (χ4v) is 15.6. The molecule has 16 rings (SSSR count). The van der Waals surface area contributed by atoms with Crippen molar-refractivity contribution in [2.75, 3.05) is 14.7 Å². The molecule has 3 nitrogen and oxygen atoms in total. The Morgan fingerprint density at radius 3 is 1.81 bits per heavy atom. The molecule has 0 amide bonds. The maximum absolute atomic E-state index is 9.73. The number of thiophene rings is 2. The Morgan fingerprint density at radius 1 is 0.412 bits per heavy atom. The normalized spacial score (nSPS) is 13.5. The van der Waals surface area contributed by atoms with Crippen LogP contribution in [0.4, 0.5) is 50.5 Å². The van der Waals surface area contributed by atoms with Crippen LogP contribution in [0.5, 0.6) is 0 Å². The van der Waals surface area contributed by atoms with Gasteiger partial charge in [-0.25, -0.2) is 0 Å². The maximum atomic E-state index is 9.73. The number of anilines is 9. The quantitative estimate of drug-likeness (QED) is 0.133. The van der Waals surface area contributed by atoms with E-state index in [1.165, 1.54) is 21.1 Å². The summed E-state index contributed by atoms with van der Waals surface area (Å²) in [6.07, 6.45) is 0. The summed E-state index contributed by atoms with van der Waals surface area (Å²) in [5.41, 5.74) is 20.3. The SMILES string of the molecule is [2H]c1c([2H])c([2H])c(-c2cc3c4c(c2)N(c2cccc5c2sc2ccccc25)c2sc5ccc(-c6ccccc6)cc5c2B4c2ccc(N(c4ccc(C(C)(C)C)cc4)c4ccccc4-c4ccccc4)cc2N3c2ccc(C)cc2-c2ccccc2)c([2H])c1[2H]. The van der Waals surface area contributed by atoms with E-state index in [0.29, 0.717) is 5.56 Å². The Bertz CT molecular complexity index is 5190. The summed E-state index contributed by atoms with van der Waals surface area (Å²) in [4.78, 5) is 7.27. The molecule has 0 aliphatic carbocycles. The third kappa shape index (κ3) is 8.53. The van der Waals surface area contributed by atoms with Gasteiger partial charge >= 0.3 is 0 Å². The number of fused-ring (bicyclic) bond motifs is 9. The van der Waals surface area contributed by atoms with Gasteiger partial charge in [-0.05, 0) is 152 Å². The van der Waals surface area contributed by atoms with Gasteiger partial charge < -0.3 is 14.7 Å². The van der Waals surface area contributed by atoms with Crippen molar-refractivity contribution in [3.05, 3.63) is 290 Å². The van der Waals surface area contributed by atoms with Crippen LogP contribution in [0.2, 0.25) is 0 Å². The summed E-state index contributed by atoms with van der Waals surface area (Å²) >= 11 is 3.56. The third-order valence-electron chi connectivity index (χ3n) is 17.1. The average molecular weight is 1130 g/mol. The average Bonchev–Trinajstić information content (AvgIpc) is 1.20. The first-order valence-corrected chi connectivity index (χ1v) is 30.6. The predicted molar refractivity (Wildman–Crippen MR) is 369 cm³/mol. The molecular weight excluding hydrogens is 1070 g/mol. The number of hydrogen-bond donors (Lipinski definition) is 0. The molecule has 12 aromatic carbocycles. The van der Waals surface area contributed by atoms with Crippen LogP contribution in [0, 0.1) is 6.92 Å². The number of nitrogens with zero attached hydrogens (tertiary/aromatic N) is 3. The Balaban J connectivity index is 1.07. The van der Waals surface area contributed by atoms with E-state index in [4.69, 9.17) is 1.37 Å². The minimum absolute atomic E-state index is 0.0745. The van der Waals surface area contributed by atoms with E-state index in [0.717, 1.165) is 121 Å². The molecule has 2 aromatic heterocycles. The molecule has 85 heavy (non-hydrogen) atoms. The molecule has 2 aliphatic rings. The van der Waals surface area contributed by atoms with E-state index in [-0.39, 0.29) is 41.9 Å². The summed E-state index contributed by atoms with van der Waals surface area (Å²) in [5.74, 6) is 0. The molecule has 0 saturated carbocycles. The Kier molecular flexibility index (Phi) is 10.9. The lowest BCUT2D eigenvalue weighted by atomic mass is 9.33. The van der Waals surface area contributed by atoms with Crippen LogP contribution in [0.1, 0.15) is 38.8 Å². The second-order valence-electron chi connectivity index (χ2n) is 23.3. The lowest BCUT2D eigenvalue weighted by Gasteiger charge is -2.44. The number of aryl methyl sites for hydroxylation is 1. The summed E-state index contributed by atoms with van der Waals surface area (Å²) in [6, 6.07) is 87.9. The van der Waals surface area contributed by atoms with Crippen molar-refractivity contribution >= 4 is 127 Å². The van der Waals surface area contributed by atoms with Crippen LogP contribution in [0.25, 0.3) is 74.8 Å². The van der Waals surface area contributed by atoms with Crippen LogP contribution in [0.3, 0.4) is 0 Å². The highest BCUT2D eigenvalue weighted by Gasteiger charge is 2.46. The van der Waals surface area contributed by atoms with E-state index in [2.05, 4.69) is 291 Å². The smallest absolute Gasteiger partial charge is 0.254 e. The molecule has 14 aromatic rings. The van der Waals surface area contributed by atoms with Gasteiger partial charge in [0.25, 0.3) is 6.71 Å². The fraction of sp³-hybridized carbons (Fsp3) is 0.0633. The molecule has 0 N–H and O–H groups in total. The number of benzene rings is 12. The largest absolute Gasteiger partial charge is 0.311 e. The van der Waals surface area contributed by atoms with Crippen LogP contribution < -0.4 is 31.1 Å². The predicted octanol–water partition coefficient (Wildman–Crippen LogP) is 21.1. The molecule has 404 valence electrons. The van der Waals surface area contributed by atoms with Gasteiger partial charge in [-0.15, -0.1) is 22.7 Å². The van der Waals surface area contributed by atoms with Crippen molar-refractivity contribution < 1.29 is 6.85 Å². The van der Waals surface area contributed by atoms with Crippen LogP contribution in [0.15, 0.2) is 279 Å². The summed E-state index contributed by atoms with van der Waals surface area (Å²) < 4.78 is 50.1. The fourth-order valence-electron chi connectivity index (χ4n) is 13.2. The van der Waals surface area contributed by atoms with Gasteiger partial charge in [-0.1, -0.05) is 226 Å². The Hall–Kier alpha value is -9.72. The molecule has 6 heteroatoms. The molecule has 0 fully saturated rings. The maximum Gasteiger partial charge on any atom is 0.254 e. The Morgan fingerprint density at radius 2 is 1.06 bits per heavy atom.